The Bertz CT molecular complexity index is 907. The first-order valence-corrected chi connectivity index (χ1v) is 11.4. The molecular formula is C21H24N3OS2+. The first-order chi connectivity index (χ1) is 13.2. The fourth-order valence-electron chi connectivity index (χ4n) is 3.74. The van der Waals surface area contributed by atoms with Gasteiger partial charge in [0.1, 0.15) is 6.04 Å². The lowest BCUT2D eigenvalue weighted by Crippen LogP contribution is -3.14. The molecule has 0 spiro atoms. The van der Waals surface area contributed by atoms with Crippen LogP contribution in [0.1, 0.15) is 30.3 Å². The fourth-order valence-corrected chi connectivity index (χ4v) is 5.36. The number of thiazole rings is 1. The van der Waals surface area contributed by atoms with Crippen molar-refractivity contribution >= 4 is 44.9 Å². The lowest BCUT2D eigenvalue weighted by molar-refractivity contribution is -0.929. The quantitative estimate of drug-likeness (QED) is 0.643. The summed E-state index contributed by atoms with van der Waals surface area (Å²) in [5, 5.41) is 4.24. The predicted octanol–water partition coefficient (Wildman–Crippen LogP) is 3.77. The summed E-state index contributed by atoms with van der Waals surface area (Å²) in [6, 6.07) is 16.6. The van der Waals surface area contributed by atoms with Gasteiger partial charge in [0.2, 0.25) is 0 Å². The van der Waals surface area contributed by atoms with E-state index in [1.807, 2.05) is 30.5 Å². The van der Waals surface area contributed by atoms with Crippen molar-refractivity contribution in [2.75, 3.05) is 24.7 Å². The van der Waals surface area contributed by atoms with E-state index >= 15 is 0 Å². The topological polar surface area (TPSA) is 46.4 Å². The zero-order chi connectivity index (χ0) is 18.6. The number of anilines is 1. The zero-order valence-corrected chi connectivity index (χ0v) is 17.0. The van der Waals surface area contributed by atoms with E-state index < -0.39 is 0 Å². The normalized spacial score (nSPS) is 19.9. The molecule has 0 aliphatic carbocycles. The third-order valence-electron chi connectivity index (χ3n) is 5.08. The highest BCUT2D eigenvalue weighted by Gasteiger charge is 2.31. The Morgan fingerprint density at radius 2 is 2.15 bits per heavy atom. The summed E-state index contributed by atoms with van der Waals surface area (Å²) in [7, 11) is 0. The van der Waals surface area contributed by atoms with Crippen LogP contribution in [0.5, 0.6) is 0 Å². The summed E-state index contributed by atoms with van der Waals surface area (Å²) in [5.74, 6) is 0.0799. The molecule has 1 aromatic heterocycles. The second kappa shape index (κ2) is 8.42. The van der Waals surface area contributed by atoms with Crippen LogP contribution < -0.4 is 10.2 Å². The predicted molar refractivity (Wildman–Crippen MR) is 114 cm³/mol. The fraction of sp³-hybridized carbons (Fsp3) is 0.333. The Kier molecular flexibility index (Phi) is 5.76. The number of aromatic nitrogens is 1. The molecule has 3 aromatic rings. The van der Waals surface area contributed by atoms with Gasteiger partial charge in [-0.2, -0.15) is 0 Å². The van der Waals surface area contributed by atoms with Gasteiger partial charge >= 0.3 is 0 Å². The highest BCUT2D eigenvalue weighted by atomic mass is 32.2. The molecule has 1 aliphatic rings. The van der Waals surface area contributed by atoms with E-state index in [0.717, 1.165) is 29.1 Å². The van der Waals surface area contributed by atoms with Crippen molar-refractivity contribution in [2.45, 2.75) is 30.2 Å². The number of para-hydroxylation sites is 1. The molecule has 27 heavy (non-hydrogen) atoms. The number of hydrogen-bond acceptors (Lipinski definition) is 4. The number of hydrogen-bond donors (Lipinski definition) is 2. The van der Waals surface area contributed by atoms with Crippen molar-refractivity contribution in [3.05, 3.63) is 53.5 Å². The molecule has 2 aromatic carbocycles. The number of likely N-dealkylation sites (tertiary alicyclic amines) is 1. The van der Waals surface area contributed by atoms with Gasteiger partial charge in [-0.05, 0) is 49.4 Å². The van der Waals surface area contributed by atoms with E-state index in [4.69, 9.17) is 4.98 Å². The number of rotatable bonds is 5. The van der Waals surface area contributed by atoms with Crippen molar-refractivity contribution < 1.29 is 9.69 Å². The van der Waals surface area contributed by atoms with Gasteiger partial charge in [0.05, 0.1) is 16.8 Å². The minimum atomic E-state index is 0.0799. The lowest BCUT2D eigenvalue weighted by atomic mass is 10.0. The van der Waals surface area contributed by atoms with Gasteiger partial charge in [-0.25, -0.2) is 4.98 Å². The standard InChI is InChI=1S/C21H23N3OS2/c1-26-16-8-6-7-15(13-16)22-20(25)14-24-12-5-4-10-18(24)21-23-17-9-2-3-11-19(17)27-21/h2-3,6-9,11,13,18H,4-5,10,12,14H2,1H3,(H,22,25)/p+1/t18-/m0/s1. The summed E-state index contributed by atoms with van der Waals surface area (Å²) >= 11 is 3.46. The van der Waals surface area contributed by atoms with E-state index in [9.17, 15) is 4.79 Å². The van der Waals surface area contributed by atoms with Crippen molar-refractivity contribution in [3.63, 3.8) is 0 Å². The second-order valence-electron chi connectivity index (χ2n) is 6.93. The van der Waals surface area contributed by atoms with Gasteiger partial charge in [0.25, 0.3) is 5.91 Å². The van der Waals surface area contributed by atoms with Crippen LogP contribution in [0.25, 0.3) is 10.2 Å². The van der Waals surface area contributed by atoms with Gasteiger partial charge in [-0.3, -0.25) is 4.79 Å². The number of nitrogens with one attached hydrogen (secondary N) is 2. The highest BCUT2D eigenvalue weighted by molar-refractivity contribution is 7.98. The van der Waals surface area contributed by atoms with Crippen LogP contribution in [-0.2, 0) is 4.79 Å². The highest BCUT2D eigenvalue weighted by Crippen LogP contribution is 2.28. The van der Waals surface area contributed by atoms with Crippen LogP contribution in [0.3, 0.4) is 0 Å². The Morgan fingerprint density at radius 3 is 3.00 bits per heavy atom. The molecule has 2 heterocycles. The van der Waals surface area contributed by atoms with Gasteiger partial charge in [0.15, 0.2) is 11.6 Å². The van der Waals surface area contributed by atoms with E-state index in [0.29, 0.717) is 12.6 Å². The molecular weight excluding hydrogens is 374 g/mol. The maximum atomic E-state index is 12.7. The van der Waals surface area contributed by atoms with E-state index in [-0.39, 0.29) is 5.91 Å². The molecule has 1 fully saturated rings. The Morgan fingerprint density at radius 1 is 1.26 bits per heavy atom. The SMILES string of the molecule is CSc1cccc(NC(=O)C[NH+]2CCCC[C@H]2c2nc3ccccc3s2)c1. The van der Waals surface area contributed by atoms with Gasteiger partial charge in [-0.15, -0.1) is 23.1 Å². The van der Waals surface area contributed by atoms with Crippen molar-refractivity contribution in [2.24, 2.45) is 0 Å². The first kappa shape index (κ1) is 18.5. The van der Waals surface area contributed by atoms with Crippen LogP contribution in [0, 0.1) is 0 Å². The van der Waals surface area contributed by atoms with Crippen molar-refractivity contribution in [3.8, 4) is 0 Å². The number of amides is 1. The lowest BCUT2D eigenvalue weighted by Gasteiger charge is -2.30. The van der Waals surface area contributed by atoms with Crippen molar-refractivity contribution in [1.82, 2.24) is 4.98 Å². The van der Waals surface area contributed by atoms with E-state index in [1.54, 1.807) is 23.1 Å². The number of carbonyl (C=O) groups excluding carboxylic acids is 1. The number of quaternary nitrogens is 1. The smallest absolute Gasteiger partial charge is 0.279 e. The van der Waals surface area contributed by atoms with Gasteiger partial charge in [-0.1, -0.05) is 18.2 Å². The van der Waals surface area contributed by atoms with Crippen LogP contribution in [0.4, 0.5) is 5.69 Å². The molecule has 1 aliphatic heterocycles. The van der Waals surface area contributed by atoms with Crippen LogP contribution in [-0.4, -0.2) is 30.2 Å². The summed E-state index contributed by atoms with van der Waals surface area (Å²) in [4.78, 5) is 20.0. The Hall–Kier alpha value is -1.89. The molecule has 2 N–H and O–H groups in total. The van der Waals surface area contributed by atoms with Crippen LogP contribution >= 0.6 is 23.1 Å². The summed E-state index contributed by atoms with van der Waals surface area (Å²) in [5.41, 5.74) is 1.94. The molecule has 1 unspecified atom stereocenters. The van der Waals surface area contributed by atoms with Gasteiger partial charge in [0, 0.05) is 17.0 Å². The number of carbonyl (C=O) groups is 1. The maximum absolute atomic E-state index is 12.7. The van der Waals surface area contributed by atoms with Crippen molar-refractivity contribution in [1.29, 1.82) is 0 Å². The molecule has 140 valence electrons. The largest absolute Gasteiger partial charge is 0.321 e. The Labute approximate surface area is 168 Å². The first-order valence-electron chi connectivity index (χ1n) is 9.37. The van der Waals surface area contributed by atoms with Crippen LogP contribution in [0.2, 0.25) is 0 Å². The molecule has 1 saturated heterocycles. The number of piperidine rings is 1. The molecule has 0 bridgehead atoms. The maximum Gasteiger partial charge on any atom is 0.279 e. The van der Waals surface area contributed by atoms with Crippen LogP contribution in [0.15, 0.2) is 53.4 Å². The zero-order valence-electron chi connectivity index (χ0n) is 15.4. The molecule has 6 heteroatoms. The average Bonchev–Trinajstić information content (AvgIpc) is 3.12. The van der Waals surface area contributed by atoms with Gasteiger partial charge < -0.3 is 10.2 Å². The molecule has 4 nitrogen and oxygen atoms in total. The Balaban J connectivity index is 1.47. The van der Waals surface area contributed by atoms with E-state index in [1.165, 1.54) is 27.4 Å². The minimum absolute atomic E-state index is 0.0799. The molecule has 4 rings (SSSR count). The van der Waals surface area contributed by atoms with E-state index in [2.05, 4.69) is 29.6 Å². The summed E-state index contributed by atoms with van der Waals surface area (Å²) in [6.07, 6.45) is 5.53. The second-order valence-corrected chi connectivity index (χ2v) is 8.88. The number of fused-ring (bicyclic) bond motifs is 1. The number of benzene rings is 2. The monoisotopic (exact) mass is 398 g/mol. The molecule has 2 atom stereocenters. The third-order valence-corrected chi connectivity index (χ3v) is 6.96. The molecule has 0 saturated carbocycles. The number of thioether (sulfide) groups is 1. The third kappa shape index (κ3) is 4.34. The molecule has 1 amide bonds. The average molecular weight is 399 g/mol. The summed E-state index contributed by atoms with van der Waals surface area (Å²) < 4.78 is 1.23. The number of nitrogens with zero attached hydrogens (tertiary/aromatic N) is 1. The minimum Gasteiger partial charge on any atom is -0.321 e. The summed E-state index contributed by atoms with van der Waals surface area (Å²) in [6.45, 7) is 1.52. The molecule has 0 radical (unpaired) electrons.